The van der Waals surface area contributed by atoms with Crippen molar-refractivity contribution in [3.63, 3.8) is 0 Å². The van der Waals surface area contributed by atoms with Crippen LogP contribution >= 0.6 is 0 Å². The lowest BCUT2D eigenvalue weighted by Crippen LogP contribution is -2.54. The lowest BCUT2D eigenvalue weighted by molar-refractivity contribution is -0.155. The van der Waals surface area contributed by atoms with Crippen molar-refractivity contribution in [2.75, 3.05) is 26.8 Å². The maximum atomic E-state index is 10.7. The smallest absolute Gasteiger partial charge is 0.331 e. The van der Waals surface area contributed by atoms with Crippen molar-refractivity contribution in [3.05, 3.63) is 0 Å². The molecule has 1 amide bonds. The molecule has 0 aromatic heterocycles. The standard InChI is InChI=1S/C8H13NO4/c1-6(10)9-3-7(4-9)13-5-8(11)12-2/h7H,3-5H2,1-2H3. The number of rotatable bonds is 3. The normalized spacial score (nSPS) is 16.6. The molecule has 1 saturated heterocycles. The van der Waals surface area contributed by atoms with E-state index in [-0.39, 0.29) is 24.6 Å². The highest BCUT2D eigenvalue weighted by Gasteiger charge is 2.29. The summed E-state index contributed by atoms with van der Waals surface area (Å²) in [5.74, 6) is -0.348. The van der Waals surface area contributed by atoms with E-state index in [1.807, 2.05) is 0 Å². The number of esters is 1. The molecule has 0 aromatic rings. The number of carbonyl (C=O) groups excluding carboxylic acids is 2. The van der Waals surface area contributed by atoms with Crippen molar-refractivity contribution in [1.29, 1.82) is 0 Å². The van der Waals surface area contributed by atoms with Crippen LogP contribution in [0.25, 0.3) is 0 Å². The van der Waals surface area contributed by atoms with Crippen LogP contribution < -0.4 is 0 Å². The van der Waals surface area contributed by atoms with Gasteiger partial charge in [0.05, 0.1) is 13.2 Å². The minimum atomic E-state index is -0.388. The molecule has 1 heterocycles. The summed E-state index contributed by atoms with van der Waals surface area (Å²) in [5.41, 5.74) is 0. The topological polar surface area (TPSA) is 55.8 Å². The summed E-state index contributed by atoms with van der Waals surface area (Å²) in [4.78, 5) is 23.0. The summed E-state index contributed by atoms with van der Waals surface area (Å²) in [5, 5.41) is 0. The molecule has 5 heteroatoms. The Labute approximate surface area is 76.6 Å². The summed E-state index contributed by atoms with van der Waals surface area (Å²) in [6, 6.07) is 0. The number of methoxy groups -OCH3 is 1. The van der Waals surface area contributed by atoms with E-state index in [2.05, 4.69) is 4.74 Å². The molecule has 0 radical (unpaired) electrons. The average Bonchev–Trinajstić information content (AvgIpc) is 2.00. The summed E-state index contributed by atoms with van der Waals surface area (Å²) < 4.78 is 9.54. The van der Waals surface area contributed by atoms with Gasteiger partial charge in [0.15, 0.2) is 0 Å². The predicted molar refractivity (Wildman–Crippen MR) is 44.0 cm³/mol. The van der Waals surface area contributed by atoms with Gasteiger partial charge >= 0.3 is 5.97 Å². The Bertz CT molecular complexity index is 210. The first-order chi connectivity index (χ1) is 6.13. The Hall–Kier alpha value is -1.10. The van der Waals surface area contributed by atoms with Crippen molar-refractivity contribution in [3.8, 4) is 0 Å². The first-order valence-electron chi connectivity index (χ1n) is 4.07. The van der Waals surface area contributed by atoms with E-state index in [0.29, 0.717) is 13.1 Å². The molecule has 0 unspecified atom stereocenters. The molecule has 74 valence electrons. The maximum absolute atomic E-state index is 10.7. The zero-order valence-corrected chi connectivity index (χ0v) is 7.78. The van der Waals surface area contributed by atoms with Gasteiger partial charge in [-0.2, -0.15) is 0 Å². The molecule has 0 spiro atoms. The van der Waals surface area contributed by atoms with Crippen LogP contribution in [-0.4, -0.2) is 49.7 Å². The van der Waals surface area contributed by atoms with Gasteiger partial charge in [0, 0.05) is 20.0 Å². The molecule has 0 atom stereocenters. The number of ether oxygens (including phenoxy) is 2. The molecule has 1 aliphatic heterocycles. The number of amides is 1. The Kier molecular flexibility index (Phi) is 3.25. The molecular formula is C8H13NO4. The largest absolute Gasteiger partial charge is 0.467 e. The minimum absolute atomic E-state index is 0.0111. The molecule has 0 bridgehead atoms. The summed E-state index contributed by atoms with van der Waals surface area (Å²) in [7, 11) is 1.31. The molecule has 0 N–H and O–H groups in total. The first kappa shape index (κ1) is 9.98. The molecule has 5 nitrogen and oxygen atoms in total. The zero-order valence-electron chi connectivity index (χ0n) is 7.78. The monoisotopic (exact) mass is 187 g/mol. The van der Waals surface area contributed by atoms with Crippen LogP contribution in [0.3, 0.4) is 0 Å². The van der Waals surface area contributed by atoms with Crippen LogP contribution in [0.5, 0.6) is 0 Å². The third kappa shape index (κ3) is 2.69. The van der Waals surface area contributed by atoms with Crippen molar-refractivity contribution in [2.45, 2.75) is 13.0 Å². The fourth-order valence-electron chi connectivity index (χ4n) is 1.05. The van der Waals surface area contributed by atoms with Crippen LogP contribution in [0.1, 0.15) is 6.92 Å². The van der Waals surface area contributed by atoms with Gasteiger partial charge in [-0.05, 0) is 0 Å². The second-order valence-electron chi connectivity index (χ2n) is 2.93. The molecule has 0 saturated carbocycles. The van der Waals surface area contributed by atoms with Crippen LogP contribution in [0.15, 0.2) is 0 Å². The maximum Gasteiger partial charge on any atom is 0.331 e. The average molecular weight is 187 g/mol. The second-order valence-corrected chi connectivity index (χ2v) is 2.93. The van der Waals surface area contributed by atoms with Gasteiger partial charge in [-0.1, -0.05) is 0 Å². The van der Waals surface area contributed by atoms with Gasteiger partial charge in [-0.3, -0.25) is 4.79 Å². The third-order valence-electron chi connectivity index (χ3n) is 1.96. The zero-order chi connectivity index (χ0) is 9.84. The predicted octanol–water partition coefficient (Wildman–Crippen LogP) is -0.593. The molecular weight excluding hydrogens is 174 g/mol. The van der Waals surface area contributed by atoms with Gasteiger partial charge in [-0.15, -0.1) is 0 Å². The highest BCUT2D eigenvalue weighted by Crippen LogP contribution is 2.11. The van der Waals surface area contributed by atoms with E-state index in [1.165, 1.54) is 14.0 Å². The van der Waals surface area contributed by atoms with Gasteiger partial charge in [-0.25, -0.2) is 4.79 Å². The van der Waals surface area contributed by atoms with E-state index in [0.717, 1.165) is 0 Å². The highest BCUT2D eigenvalue weighted by molar-refractivity contribution is 5.74. The first-order valence-corrected chi connectivity index (χ1v) is 4.07. The fourth-order valence-corrected chi connectivity index (χ4v) is 1.05. The van der Waals surface area contributed by atoms with Gasteiger partial charge in [0.25, 0.3) is 0 Å². The van der Waals surface area contributed by atoms with Crippen LogP contribution in [0, 0.1) is 0 Å². The molecule has 1 rings (SSSR count). The van der Waals surface area contributed by atoms with Crippen LogP contribution in [-0.2, 0) is 19.1 Å². The summed E-state index contributed by atoms with van der Waals surface area (Å²) in [6.45, 7) is 2.63. The van der Waals surface area contributed by atoms with Crippen molar-refractivity contribution >= 4 is 11.9 Å². The van der Waals surface area contributed by atoms with E-state index in [1.54, 1.807) is 4.90 Å². The highest BCUT2D eigenvalue weighted by atomic mass is 16.6. The van der Waals surface area contributed by atoms with Gasteiger partial charge in [0.1, 0.15) is 6.61 Å². The Morgan fingerprint density at radius 2 is 2.08 bits per heavy atom. The minimum Gasteiger partial charge on any atom is -0.467 e. The number of carbonyl (C=O) groups is 2. The molecule has 0 aliphatic carbocycles. The summed E-state index contributed by atoms with van der Waals surface area (Å²) in [6.07, 6.45) is -0.0111. The Morgan fingerprint density at radius 3 is 2.54 bits per heavy atom. The number of likely N-dealkylation sites (tertiary alicyclic amines) is 1. The van der Waals surface area contributed by atoms with E-state index < -0.39 is 0 Å². The fraction of sp³-hybridized carbons (Fsp3) is 0.750. The molecule has 1 fully saturated rings. The quantitative estimate of drug-likeness (QED) is 0.554. The lowest BCUT2D eigenvalue weighted by Gasteiger charge is -2.37. The van der Waals surface area contributed by atoms with Crippen LogP contribution in [0.4, 0.5) is 0 Å². The molecule has 1 aliphatic rings. The van der Waals surface area contributed by atoms with Crippen molar-refractivity contribution in [2.24, 2.45) is 0 Å². The Balaban J connectivity index is 2.08. The third-order valence-corrected chi connectivity index (χ3v) is 1.96. The van der Waals surface area contributed by atoms with E-state index >= 15 is 0 Å². The summed E-state index contributed by atoms with van der Waals surface area (Å²) >= 11 is 0. The number of hydrogen-bond acceptors (Lipinski definition) is 4. The lowest BCUT2D eigenvalue weighted by atomic mass is 10.2. The molecule has 13 heavy (non-hydrogen) atoms. The van der Waals surface area contributed by atoms with Crippen LogP contribution in [0.2, 0.25) is 0 Å². The van der Waals surface area contributed by atoms with Gasteiger partial charge < -0.3 is 14.4 Å². The second kappa shape index (κ2) is 4.23. The van der Waals surface area contributed by atoms with Crippen molar-refractivity contribution in [1.82, 2.24) is 4.90 Å². The molecule has 0 aromatic carbocycles. The number of hydrogen-bond donors (Lipinski definition) is 0. The van der Waals surface area contributed by atoms with Gasteiger partial charge in [0.2, 0.25) is 5.91 Å². The van der Waals surface area contributed by atoms with E-state index in [9.17, 15) is 9.59 Å². The number of nitrogens with zero attached hydrogens (tertiary/aromatic N) is 1. The SMILES string of the molecule is COC(=O)COC1CN(C(C)=O)C1. The Morgan fingerprint density at radius 1 is 1.46 bits per heavy atom. The van der Waals surface area contributed by atoms with E-state index in [4.69, 9.17) is 4.74 Å². The van der Waals surface area contributed by atoms with Crippen molar-refractivity contribution < 1.29 is 19.1 Å².